The number of fused-ring (bicyclic) bond motifs is 1. The summed E-state index contributed by atoms with van der Waals surface area (Å²) in [6, 6.07) is 14.2. The normalized spacial score (nSPS) is 16.2. The summed E-state index contributed by atoms with van der Waals surface area (Å²) in [5.74, 6) is -0.574. The molecule has 0 aliphatic carbocycles. The Balaban J connectivity index is 1.66. The van der Waals surface area contributed by atoms with Crippen molar-refractivity contribution in [1.29, 1.82) is 0 Å². The van der Waals surface area contributed by atoms with Crippen molar-refractivity contribution < 1.29 is 17.6 Å². The van der Waals surface area contributed by atoms with E-state index in [1.807, 2.05) is 25.3 Å². The van der Waals surface area contributed by atoms with Gasteiger partial charge in [0, 0.05) is 22.4 Å². The lowest BCUT2D eigenvalue weighted by atomic mass is 9.93. The molecule has 1 aliphatic rings. The highest BCUT2D eigenvalue weighted by atomic mass is 79.9. The number of carbonyl (C=O) groups is 1. The highest BCUT2D eigenvalue weighted by molar-refractivity contribution is 9.10. The van der Waals surface area contributed by atoms with Crippen molar-refractivity contribution >= 4 is 43.2 Å². The summed E-state index contributed by atoms with van der Waals surface area (Å²) in [5, 5.41) is 2.00. The smallest absolute Gasteiger partial charge is 0.243 e. The van der Waals surface area contributed by atoms with Gasteiger partial charge in [-0.05, 0) is 71.3 Å². The van der Waals surface area contributed by atoms with E-state index in [0.717, 1.165) is 15.6 Å². The summed E-state index contributed by atoms with van der Waals surface area (Å²) >= 11 is 4.98. The topological polar surface area (TPSA) is 57.7 Å². The molecule has 34 heavy (non-hydrogen) atoms. The molecule has 1 amide bonds. The molecule has 3 aromatic rings. The summed E-state index contributed by atoms with van der Waals surface area (Å²) in [7, 11) is -3.87. The number of hydrogen-bond acceptors (Lipinski definition) is 4. The lowest BCUT2D eigenvalue weighted by Crippen LogP contribution is -2.47. The molecule has 4 rings (SSSR count). The van der Waals surface area contributed by atoms with E-state index in [9.17, 15) is 17.6 Å². The molecule has 1 aromatic heterocycles. The number of halogens is 2. The predicted molar refractivity (Wildman–Crippen MR) is 136 cm³/mol. The van der Waals surface area contributed by atoms with E-state index in [2.05, 4.69) is 15.9 Å². The number of nitrogens with zero attached hydrogens (tertiary/aromatic N) is 2. The van der Waals surface area contributed by atoms with Crippen LogP contribution >= 0.6 is 27.3 Å². The van der Waals surface area contributed by atoms with Crippen LogP contribution in [0.4, 0.5) is 4.39 Å². The number of rotatable bonds is 7. The molecular formula is C25H26BrFN2O3S2. The van der Waals surface area contributed by atoms with Crippen LogP contribution in [-0.4, -0.2) is 43.2 Å². The molecule has 9 heteroatoms. The standard InChI is InChI=1S/C25H26BrFN2O3S2/c1-17(2)15-28(34(31,32)21-9-5-19(26)6-10-21)16-24(30)29-13-11-23-22(12-14-33-23)25(29)18-3-7-20(27)8-4-18/h3-10,12,14,17,25H,11,13,15-16H2,1-2H3. The maximum absolute atomic E-state index is 13.6. The third-order valence-electron chi connectivity index (χ3n) is 5.80. The van der Waals surface area contributed by atoms with Crippen molar-refractivity contribution in [3.8, 4) is 0 Å². The maximum Gasteiger partial charge on any atom is 0.243 e. The first kappa shape index (κ1) is 25.0. The first-order valence-electron chi connectivity index (χ1n) is 11.0. The molecule has 1 aliphatic heterocycles. The van der Waals surface area contributed by atoms with Gasteiger partial charge < -0.3 is 4.90 Å². The molecule has 180 valence electrons. The average Bonchev–Trinajstić information content (AvgIpc) is 3.27. The Labute approximate surface area is 212 Å². The molecule has 0 N–H and O–H groups in total. The second kappa shape index (κ2) is 10.3. The molecule has 0 bridgehead atoms. The van der Waals surface area contributed by atoms with Gasteiger partial charge in [-0.25, -0.2) is 12.8 Å². The van der Waals surface area contributed by atoms with Crippen LogP contribution in [0.15, 0.2) is 69.3 Å². The van der Waals surface area contributed by atoms with Crippen LogP contribution in [-0.2, 0) is 21.2 Å². The van der Waals surface area contributed by atoms with Crippen molar-refractivity contribution in [3.05, 3.63) is 86.3 Å². The summed E-state index contributed by atoms with van der Waals surface area (Å²) in [5.41, 5.74) is 1.82. The summed E-state index contributed by atoms with van der Waals surface area (Å²) in [4.78, 5) is 16.7. The van der Waals surface area contributed by atoms with E-state index in [1.165, 1.54) is 33.4 Å². The number of benzene rings is 2. The Kier molecular flexibility index (Phi) is 7.57. The largest absolute Gasteiger partial charge is 0.330 e. The first-order chi connectivity index (χ1) is 16.2. The molecule has 0 fully saturated rings. The minimum Gasteiger partial charge on any atom is -0.330 e. The fourth-order valence-corrected chi connectivity index (χ4v) is 6.96. The Morgan fingerprint density at radius 1 is 1.15 bits per heavy atom. The van der Waals surface area contributed by atoms with Gasteiger partial charge in [-0.15, -0.1) is 11.3 Å². The maximum atomic E-state index is 13.6. The lowest BCUT2D eigenvalue weighted by molar-refractivity contribution is -0.133. The zero-order valence-corrected chi connectivity index (χ0v) is 22.2. The van der Waals surface area contributed by atoms with E-state index >= 15 is 0 Å². The van der Waals surface area contributed by atoms with Crippen molar-refractivity contribution in [3.63, 3.8) is 0 Å². The van der Waals surface area contributed by atoms with E-state index < -0.39 is 10.0 Å². The molecule has 0 saturated heterocycles. The molecule has 1 atom stereocenters. The number of thiophene rings is 1. The van der Waals surface area contributed by atoms with E-state index in [1.54, 1.807) is 40.5 Å². The molecule has 2 aromatic carbocycles. The molecule has 0 saturated carbocycles. The second-order valence-corrected chi connectivity index (χ2v) is 12.6. The quantitative estimate of drug-likeness (QED) is 0.382. The Morgan fingerprint density at radius 2 is 1.82 bits per heavy atom. The molecule has 1 unspecified atom stereocenters. The molecule has 2 heterocycles. The molecule has 5 nitrogen and oxygen atoms in total. The zero-order chi connectivity index (χ0) is 24.5. The van der Waals surface area contributed by atoms with Crippen LogP contribution in [0.2, 0.25) is 0 Å². The van der Waals surface area contributed by atoms with Crippen LogP contribution in [0.5, 0.6) is 0 Å². The molecule has 0 spiro atoms. The fourth-order valence-electron chi connectivity index (χ4n) is 4.24. The lowest BCUT2D eigenvalue weighted by Gasteiger charge is -2.37. The van der Waals surface area contributed by atoms with Gasteiger partial charge in [0.25, 0.3) is 0 Å². The number of carbonyl (C=O) groups excluding carboxylic acids is 1. The van der Waals surface area contributed by atoms with Crippen LogP contribution < -0.4 is 0 Å². The van der Waals surface area contributed by atoms with E-state index in [4.69, 9.17) is 0 Å². The summed E-state index contributed by atoms with van der Waals surface area (Å²) < 4.78 is 42.5. The average molecular weight is 566 g/mol. The molecular weight excluding hydrogens is 539 g/mol. The minimum absolute atomic E-state index is 0.0377. The first-order valence-corrected chi connectivity index (χ1v) is 14.1. The summed E-state index contributed by atoms with van der Waals surface area (Å²) in [6.07, 6.45) is 0.708. The number of hydrogen-bond donors (Lipinski definition) is 0. The van der Waals surface area contributed by atoms with Gasteiger partial charge in [-0.1, -0.05) is 41.9 Å². The third kappa shape index (κ3) is 5.27. The van der Waals surface area contributed by atoms with Crippen LogP contribution in [0.3, 0.4) is 0 Å². The van der Waals surface area contributed by atoms with Crippen LogP contribution in [0.1, 0.15) is 35.9 Å². The summed E-state index contributed by atoms with van der Waals surface area (Å²) in [6.45, 7) is 4.29. The van der Waals surface area contributed by atoms with Crippen molar-refractivity contribution in [1.82, 2.24) is 9.21 Å². The monoisotopic (exact) mass is 564 g/mol. The van der Waals surface area contributed by atoms with Gasteiger partial charge in [0.1, 0.15) is 5.82 Å². The van der Waals surface area contributed by atoms with Crippen LogP contribution in [0.25, 0.3) is 0 Å². The number of sulfonamides is 1. The molecule has 0 radical (unpaired) electrons. The van der Waals surface area contributed by atoms with Crippen molar-refractivity contribution in [2.75, 3.05) is 19.6 Å². The SMILES string of the molecule is CC(C)CN(CC(=O)N1CCc2sccc2C1c1ccc(F)cc1)S(=O)(=O)c1ccc(Br)cc1. The van der Waals surface area contributed by atoms with Gasteiger partial charge in [0.15, 0.2) is 0 Å². The minimum atomic E-state index is -3.87. The Hall–Kier alpha value is -2.07. The van der Waals surface area contributed by atoms with Crippen LogP contribution in [0, 0.1) is 11.7 Å². The second-order valence-electron chi connectivity index (χ2n) is 8.74. The van der Waals surface area contributed by atoms with Gasteiger partial charge >= 0.3 is 0 Å². The number of amides is 1. The van der Waals surface area contributed by atoms with Crippen molar-refractivity contribution in [2.45, 2.75) is 31.2 Å². The zero-order valence-electron chi connectivity index (χ0n) is 18.9. The van der Waals surface area contributed by atoms with E-state index in [-0.39, 0.29) is 41.7 Å². The van der Waals surface area contributed by atoms with Gasteiger partial charge in [-0.2, -0.15) is 4.31 Å². The Morgan fingerprint density at radius 3 is 2.47 bits per heavy atom. The van der Waals surface area contributed by atoms with Gasteiger partial charge in [0.2, 0.25) is 15.9 Å². The fraction of sp³-hybridized carbons (Fsp3) is 0.320. The van der Waals surface area contributed by atoms with E-state index in [0.29, 0.717) is 13.0 Å². The van der Waals surface area contributed by atoms with Crippen molar-refractivity contribution in [2.24, 2.45) is 5.92 Å². The predicted octanol–water partition coefficient (Wildman–Crippen LogP) is 5.47. The highest BCUT2D eigenvalue weighted by Crippen LogP contribution is 2.38. The third-order valence-corrected chi connectivity index (χ3v) is 9.15. The Bertz CT molecular complexity index is 1260. The van der Waals surface area contributed by atoms with Gasteiger partial charge in [0.05, 0.1) is 17.5 Å². The van der Waals surface area contributed by atoms with Gasteiger partial charge in [-0.3, -0.25) is 4.79 Å². The highest BCUT2D eigenvalue weighted by Gasteiger charge is 2.35.